The number of aromatic nitrogens is 4. The SMILES string of the molecule is O=C(NCc1cccnc1)C1=CC(c2nc3ncccc3[nH]2)=CCC1=S. The van der Waals surface area contributed by atoms with Gasteiger partial charge in [-0.15, -0.1) is 0 Å². The largest absolute Gasteiger partial charge is 0.348 e. The van der Waals surface area contributed by atoms with Crippen molar-refractivity contribution in [3.63, 3.8) is 0 Å². The van der Waals surface area contributed by atoms with Gasteiger partial charge in [0.1, 0.15) is 5.82 Å². The summed E-state index contributed by atoms with van der Waals surface area (Å²) in [5.74, 6) is 0.484. The van der Waals surface area contributed by atoms with Gasteiger partial charge in [-0.3, -0.25) is 9.78 Å². The average Bonchev–Trinajstić information content (AvgIpc) is 3.11. The third-order valence-corrected chi connectivity index (χ3v) is 4.45. The second kappa shape index (κ2) is 6.97. The maximum absolute atomic E-state index is 12.6. The molecular formula is C19H15N5OS. The topological polar surface area (TPSA) is 83.6 Å². The molecule has 0 unspecified atom stereocenters. The Kier molecular flexibility index (Phi) is 4.37. The van der Waals surface area contributed by atoms with Gasteiger partial charge in [-0.1, -0.05) is 24.4 Å². The number of fused-ring (bicyclic) bond motifs is 1. The number of pyridine rings is 2. The smallest absolute Gasteiger partial charge is 0.252 e. The zero-order valence-corrected chi connectivity index (χ0v) is 14.6. The van der Waals surface area contributed by atoms with E-state index in [9.17, 15) is 4.79 Å². The van der Waals surface area contributed by atoms with E-state index in [4.69, 9.17) is 12.2 Å². The molecule has 1 aliphatic rings. The van der Waals surface area contributed by atoms with Gasteiger partial charge < -0.3 is 10.3 Å². The van der Waals surface area contributed by atoms with Crippen molar-refractivity contribution in [1.29, 1.82) is 0 Å². The fraction of sp³-hybridized carbons (Fsp3) is 0.105. The first kappa shape index (κ1) is 16.3. The van der Waals surface area contributed by atoms with Crippen LogP contribution in [0, 0.1) is 0 Å². The van der Waals surface area contributed by atoms with Crippen LogP contribution in [0.3, 0.4) is 0 Å². The van der Waals surface area contributed by atoms with Crippen molar-refractivity contribution in [3.8, 4) is 0 Å². The predicted molar refractivity (Wildman–Crippen MR) is 103 cm³/mol. The molecule has 0 bridgehead atoms. The van der Waals surface area contributed by atoms with Crippen LogP contribution in [0.15, 0.2) is 60.6 Å². The number of imidazole rings is 1. The number of nitrogens with one attached hydrogen (secondary N) is 2. The van der Waals surface area contributed by atoms with Gasteiger partial charge in [0.25, 0.3) is 5.91 Å². The Morgan fingerprint density at radius 1 is 1.27 bits per heavy atom. The first-order chi connectivity index (χ1) is 12.7. The van der Waals surface area contributed by atoms with Crippen LogP contribution in [0.2, 0.25) is 0 Å². The first-order valence-corrected chi connectivity index (χ1v) is 8.55. The Balaban J connectivity index is 1.55. The molecule has 3 heterocycles. The van der Waals surface area contributed by atoms with Gasteiger partial charge in [0.05, 0.1) is 11.1 Å². The molecule has 0 aromatic carbocycles. The Hall–Kier alpha value is -3.19. The minimum Gasteiger partial charge on any atom is -0.348 e. The highest BCUT2D eigenvalue weighted by Crippen LogP contribution is 2.24. The predicted octanol–water partition coefficient (Wildman–Crippen LogP) is 2.75. The number of H-pyrrole nitrogens is 1. The molecule has 0 radical (unpaired) electrons. The Bertz CT molecular complexity index is 1020. The van der Waals surface area contributed by atoms with Crippen molar-refractivity contribution in [2.75, 3.05) is 0 Å². The molecule has 0 fully saturated rings. The van der Waals surface area contributed by atoms with Crippen molar-refractivity contribution < 1.29 is 4.79 Å². The number of allylic oxidation sites excluding steroid dienone is 3. The lowest BCUT2D eigenvalue weighted by Crippen LogP contribution is -2.28. The number of hydrogen-bond donors (Lipinski definition) is 2. The molecule has 0 aliphatic heterocycles. The summed E-state index contributed by atoms with van der Waals surface area (Å²) in [6.07, 6.45) is 9.40. The summed E-state index contributed by atoms with van der Waals surface area (Å²) in [5, 5.41) is 2.89. The number of carbonyl (C=O) groups is 1. The lowest BCUT2D eigenvalue weighted by Gasteiger charge is -2.14. The van der Waals surface area contributed by atoms with Gasteiger partial charge in [0, 0.05) is 42.0 Å². The summed E-state index contributed by atoms with van der Waals surface area (Å²) < 4.78 is 0. The summed E-state index contributed by atoms with van der Waals surface area (Å²) in [5.41, 5.74) is 3.76. The van der Waals surface area contributed by atoms with Gasteiger partial charge in [-0.05, 0) is 29.8 Å². The van der Waals surface area contributed by atoms with E-state index in [-0.39, 0.29) is 5.91 Å². The molecule has 1 amide bonds. The molecule has 7 heteroatoms. The summed E-state index contributed by atoms with van der Waals surface area (Å²) >= 11 is 5.37. The molecule has 0 saturated heterocycles. The molecule has 26 heavy (non-hydrogen) atoms. The van der Waals surface area contributed by atoms with Crippen LogP contribution < -0.4 is 5.32 Å². The van der Waals surface area contributed by atoms with Crippen LogP contribution in [0.5, 0.6) is 0 Å². The van der Waals surface area contributed by atoms with Gasteiger partial charge in [0.2, 0.25) is 0 Å². The number of rotatable bonds is 4. The van der Waals surface area contributed by atoms with E-state index in [2.05, 4.69) is 25.3 Å². The van der Waals surface area contributed by atoms with E-state index in [1.165, 1.54) is 0 Å². The molecule has 1 aliphatic carbocycles. The van der Waals surface area contributed by atoms with Crippen molar-refractivity contribution in [2.24, 2.45) is 0 Å². The fourth-order valence-electron chi connectivity index (χ4n) is 2.73. The number of hydrogen-bond acceptors (Lipinski definition) is 5. The molecule has 6 nitrogen and oxygen atoms in total. The monoisotopic (exact) mass is 361 g/mol. The van der Waals surface area contributed by atoms with Crippen LogP contribution >= 0.6 is 12.2 Å². The molecule has 0 spiro atoms. The number of amides is 1. The Labute approximate surface area is 155 Å². The third kappa shape index (κ3) is 3.29. The minimum absolute atomic E-state index is 0.196. The van der Waals surface area contributed by atoms with E-state index in [0.717, 1.165) is 16.7 Å². The van der Waals surface area contributed by atoms with E-state index < -0.39 is 0 Å². The van der Waals surface area contributed by atoms with E-state index in [1.54, 1.807) is 24.7 Å². The van der Waals surface area contributed by atoms with Crippen LogP contribution in [0.25, 0.3) is 16.7 Å². The minimum atomic E-state index is -0.196. The van der Waals surface area contributed by atoms with Crippen LogP contribution in [-0.2, 0) is 11.3 Å². The van der Waals surface area contributed by atoms with Gasteiger partial charge in [-0.2, -0.15) is 0 Å². The highest BCUT2D eigenvalue weighted by atomic mass is 32.1. The molecule has 2 N–H and O–H groups in total. The number of carbonyl (C=O) groups excluding carboxylic acids is 1. The van der Waals surface area contributed by atoms with E-state index >= 15 is 0 Å². The molecule has 0 saturated carbocycles. The van der Waals surface area contributed by atoms with Crippen LogP contribution in [-0.4, -0.2) is 30.7 Å². The van der Waals surface area contributed by atoms with Crippen molar-refractivity contribution in [3.05, 3.63) is 72.0 Å². The molecular weight excluding hydrogens is 346 g/mol. The Morgan fingerprint density at radius 2 is 2.15 bits per heavy atom. The lowest BCUT2D eigenvalue weighted by molar-refractivity contribution is -0.117. The van der Waals surface area contributed by atoms with Crippen molar-refractivity contribution in [2.45, 2.75) is 13.0 Å². The summed E-state index contributed by atoms with van der Waals surface area (Å²) in [4.78, 5) is 29.2. The molecule has 3 aromatic rings. The first-order valence-electron chi connectivity index (χ1n) is 8.14. The van der Waals surface area contributed by atoms with Gasteiger partial charge >= 0.3 is 0 Å². The van der Waals surface area contributed by atoms with Gasteiger partial charge in [0.15, 0.2) is 5.65 Å². The highest BCUT2D eigenvalue weighted by Gasteiger charge is 2.20. The standard InChI is InChI=1S/C19H15N5OS/c25-19(22-11-12-3-1-7-20-10-12)14-9-13(5-6-16(14)26)17-23-15-4-2-8-21-18(15)24-17/h1-5,7-10H,6,11H2,(H,22,25)(H,21,23,24). The van der Waals surface area contributed by atoms with Gasteiger partial charge in [-0.25, -0.2) is 9.97 Å². The van der Waals surface area contributed by atoms with Crippen molar-refractivity contribution in [1.82, 2.24) is 25.3 Å². The number of aromatic amines is 1. The summed E-state index contributed by atoms with van der Waals surface area (Å²) in [7, 11) is 0. The maximum Gasteiger partial charge on any atom is 0.252 e. The summed E-state index contributed by atoms with van der Waals surface area (Å²) in [6.45, 7) is 0.403. The van der Waals surface area contributed by atoms with Crippen LogP contribution in [0.1, 0.15) is 17.8 Å². The Morgan fingerprint density at radius 3 is 2.96 bits per heavy atom. The van der Waals surface area contributed by atoms with Crippen LogP contribution in [0.4, 0.5) is 0 Å². The maximum atomic E-state index is 12.6. The number of thiocarbonyl (C=S) groups is 1. The fourth-order valence-corrected chi connectivity index (χ4v) is 2.96. The average molecular weight is 361 g/mol. The normalized spacial score (nSPS) is 14.1. The second-order valence-electron chi connectivity index (χ2n) is 5.85. The zero-order chi connectivity index (χ0) is 17.9. The van der Waals surface area contributed by atoms with Crippen molar-refractivity contribution >= 4 is 39.7 Å². The summed E-state index contributed by atoms with van der Waals surface area (Å²) in [6, 6.07) is 7.51. The highest BCUT2D eigenvalue weighted by molar-refractivity contribution is 7.81. The number of nitrogens with zero attached hydrogens (tertiary/aromatic N) is 3. The molecule has 4 rings (SSSR count). The molecule has 0 atom stereocenters. The third-order valence-electron chi connectivity index (χ3n) is 4.06. The molecule has 3 aromatic heterocycles. The quantitative estimate of drug-likeness (QED) is 0.698. The lowest BCUT2D eigenvalue weighted by atomic mass is 9.98. The van der Waals surface area contributed by atoms with E-state index in [1.807, 2.05) is 30.3 Å². The zero-order valence-electron chi connectivity index (χ0n) is 13.8. The van der Waals surface area contributed by atoms with E-state index in [0.29, 0.717) is 34.9 Å². The molecule has 128 valence electrons. The second-order valence-corrected chi connectivity index (χ2v) is 6.34.